The molecule has 42 heavy (non-hydrogen) atoms. The van der Waals surface area contributed by atoms with E-state index in [1.165, 1.54) is 14.2 Å². The predicted molar refractivity (Wildman–Crippen MR) is 178 cm³/mol. The van der Waals surface area contributed by atoms with E-state index in [0.29, 0.717) is 35.5 Å². The van der Waals surface area contributed by atoms with E-state index in [0.717, 1.165) is 0 Å². The summed E-state index contributed by atoms with van der Waals surface area (Å²) < 4.78 is 82.9. The molecule has 0 fully saturated rings. The molecule has 0 bridgehead atoms. The Balaban J connectivity index is 0. The molecule has 250 valence electrons. The lowest BCUT2D eigenvalue weighted by Crippen LogP contribution is -2.08. The standard InChI is InChI=1S/C24H46O12P4.2H3P/c1-9-29-37(27-7)31-17-21-15-23(19-39(25,33-11-3)34-12-4)24(20-40(26,35-13-5)36-14-6)16-22(21)18-32-38(28-8)30-10-2;;/h15-16H,9-14,17-20H2,1-8H3;2*1H3. The molecule has 4 atom stereocenters. The third kappa shape index (κ3) is 16.5. The first-order chi connectivity index (χ1) is 19.2. The third-order valence-electron chi connectivity index (χ3n) is 4.97. The smallest absolute Gasteiger partial charge is 0.316 e. The maximum atomic E-state index is 13.6. The Labute approximate surface area is 261 Å². The van der Waals surface area contributed by atoms with Crippen LogP contribution in [0.3, 0.4) is 0 Å². The number of benzene rings is 1. The monoisotopic (exact) mass is 718 g/mol. The Hall–Kier alpha value is 1.00. The summed E-state index contributed by atoms with van der Waals surface area (Å²) in [5, 5.41) is 0. The minimum Gasteiger partial charge on any atom is -0.316 e. The summed E-state index contributed by atoms with van der Waals surface area (Å²) in [5.41, 5.74) is 2.63. The van der Waals surface area contributed by atoms with Crippen LogP contribution >= 0.6 is 52.2 Å². The zero-order chi connectivity index (χ0) is 30.0. The molecule has 0 radical (unpaired) electrons. The van der Waals surface area contributed by atoms with Crippen molar-refractivity contribution < 1.29 is 54.4 Å². The van der Waals surface area contributed by atoms with Crippen LogP contribution in [0.4, 0.5) is 0 Å². The maximum Gasteiger partial charge on any atom is 0.335 e. The van der Waals surface area contributed by atoms with Gasteiger partial charge in [0.2, 0.25) is 0 Å². The average Bonchev–Trinajstić information content (AvgIpc) is 2.90. The van der Waals surface area contributed by atoms with Crippen molar-refractivity contribution in [3.05, 3.63) is 34.4 Å². The van der Waals surface area contributed by atoms with Crippen molar-refractivity contribution in [1.29, 1.82) is 0 Å². The van der Waals surface area contributed by atoms with Crippen LogP contribution in [0.15, 0.2) is 12.1 Å². The lowest BCUT2D eigenvalue weighted by Gasteiger charge is -2.24. The molecule has 0 amide bonds. The number of hydrogen-bond donors (Lipinski definition) is 0. The highest BCUT2D eigenvalue weighted by atomic mass is 31.2. The number of rotatable bonds is 24. The van der Waals surface area contributed by atoms with Gasteiger partial charge in [-0.3, -0.25) is 9.13 Å². The van der Waals surface area contributed by atoms with Gasteiger partial charge in [-0.2, -0.15) is 19.8 Å². The van der Waals surface area contributed by atoms with Crippen molar-refractivity contribution in [2.45, 2.75) is 67.1 Å². The van der Waals surface area contributed by atoms with Crippen LogP contribution in [-0.2, 0) is 79.9 Å². The van der Waals surface area contributed by atoms with E-state index in [2.05, 4.69) is 0 Å². The van der Waals surface area contributed by atoms with Crippen molar-refractivity contribution in [1.82, 2.24) is 0 Å². The molecule has 0 aliphatic rings. The van der Waals surface area contributed by atoms with Crippen LogP contribution < -0.4 is 0 Å². The Bertz CT molecular complexity index is 848. The first-order valence-corrected chi connectivity index (χ1v) is 18.9. The van der Waals surface area contributed by atoms with Gasteiger partial charge < -0.3 is 45.2 Å². The second kappa shape index (κ2) is 25.1. The lowest BCUT2D eigenvalue weighted by molar-refractivity contribution is 0.172. The molecule has 1 aromatic rings. The Morgan fingerprint density at radius 1 is 0.524 bits per heavy atom. The van der Waals surface area contributed by atoms with E-state index in [-0.39, 0.29) is 71.8 Å². The molecule has 0 N–H and O–H groups in total. The lowest BCUT2D eigenvalue weighted by atomic mass is 10.0. The fourth-order valence-electron chi connectivity index (χ4n) is 3.56. The van der Waals surface area contributed by atoms with Crippen LogP contribution in [0.2, 0.25) is 0 Å². The topological polar surface area (TPSA) is 126 Å². The quantitative estimate of drug-likeness (QED) is 0.0957. The van der Waals surface area contributed by atoms with Gasteiger partial charge in [0, 0.05) is 14.2 Å². The molecular weight excluding hydrogens is 666 g/mol. The van der Waals surface area contributed by atoms with Gasteiger partial charge in [-0.15, -0.1) is 0 Å². The van der Waals surface area contributed by atoms with Crippen molar-refractivity contribution in [2.24, 2.45) is 0 Å². The van der Waals surface area contributed by atoms with Gasteiger partial charge in [-0.25, -0.2) is 0 Å². The summed E-state index contributed by atoms with van der Waals surface area (Å²) in [6.45, 7) is 12.5. The van der Waals surface area contributed by atoms with Crippen LogP contribution in [-0.4, -0.2) is 53.9 Å². The molecule has 0 spiro atoms. The van der Waals surface area contributed by atoms with Crippen LogP contribution in [0.25, 0.3) is 0 Å². The summed E-state index contributed by atoms with van der Waals surface area (Å²) in [6, 6.07) is 3.65. The Morgan fingerprint density at radius 2 is 0.833 bits per heavy atom. The summed E-state index contributed by atoms with van der Waals surface area (Å²) in [4.78, 5) is 0. The first kappa shape index (κ1) is 45.1. The van der Waals surface area contributed by atoms with E-state index < -0.39 is 32.4 Å². The van der Waals surface area contributed by atoms with Crippen molar-refractivity contribution in [3.63, 3.8) is 0 Å². The SMILES string of the molecule is CCOP(OC)OCc1cc(CP(=O)(OCC)OCC)c(CP(=O)(OCC)OCC)cc1COP(OC)OCC.P.P. The average molecular weight is 719 g/mol. The van der Waals surface area contributed by atoms with E-state index >= 15 is 0 Å². The summed E-state index contributed by atoms with van der Waals surface area (Å²) in [6.07, 6.45) is -0.102. The van der Waals surface area contributed by atoms with Gasteiger partial charge >= 0.3 is 32.4 Å². The van der Waals surface area contributed by atoms with Gasteiger partial charge in [0.15, 0.2) is 0 Å². The molecule has 0 saturated carbocycles. The number of hydrogen-bond acceptors (Lipinski definition) is 12. The maximum absolute atomic E-state index is 13.6. The second-order valence-corrected chi connectivity index (χ2v) is 14.6. The molecule has 1 aromatic carbocycles. The van der Waals surface area contributed by atoms with Crippen LogP contribution in [0, 0.1) is 0 Å². The van der Waals surface area contributed by atoms with Gasteiger partial charge in [-0.1, -0.05) is 12.1 Å². The normalized spacial score (nSPS) is 13.3. The third-order valence-corrected chi connectivity index (χ3v) is 11.2. The van der Waals surface area contributed by atoms with E-state index in [1.54, 1.807) is 27.7 Å². The van der Waals surface area contributed by atoms with Crippen molar-refractivity contribution >= 4 is 52.2 Å². The molecule has 4 unspecified atom stereocenters. The first-order valence-electron chi connectivity index (χ1n) is 13.3. The molecule has 18 heteroatoms. The van der Waals surface area contributed by atoms with Gasteiger partial charge in [-0.05, 0) is 63.8 Å². The molecule has 1 rings (SSSR count). The van der Waals surface area contributed by atoms with Crippen LogP contribution in [0.5, 0.6) is 0 Å². The van der Waals surface area contributed by atoms with E-state index in [4.69, 9.17) is 45.2 Å². The Morgan fingerprint density at radius 3 is 1.07 bits per heavy atom. The molecule has 0 heterocycles. The summed E-state index contributed by atoms with van der Waals surface area (Å²) in [7, 11) is -7.21. The molecule has 0 saturated heterocycles. The fraction of sp³-hybridized carbons (Fsp3) is 0.750. The zero-order valence-electron chi connectivity index (χ0n) is 26.3. The van der Waals surface area contributed by atoms with E-state index in [9.17, 15) is 9.13 Å². The minimum absolute atomic E-state index is 0. The van der Waals surface area contributed by atoms with Gasteiger partial charge in [0.05, 0.1) is 65.2 Å². The molecule has 0 aromatic heterocycles. The molecular formula is C24H52O12P6. The zero-order valence-corrected chi connectivity index (χ0v) is 32.7. The molecule has 0 aliphatic carbocycles. The summed E-state index contributed by atoms with van der Waals surface area (Å²) in [5.74, 6) is 0. The fourth-order valence-corrected chi connectivity index (χ4v) is 8.55. The van der Waals surface area contributed by atoms with Crippen molar-refractivity contribution in [3.8, 4) is 0 Å². The minimum atomic E-state index is -3.52. The summed E-state index contributed by atoms with van der Waals surface area (Å²) >= 11 is 0. The molecule has 0 aliphatic heterocycles. The highest BCUT2D eigenvalue weighted by Crippen LogP contribution is 2.55. The van der Waals surface area contributed by atoms with Gasteiger partial charge in [0.25, 0.3) is 0 Å². The Kier molecular flexibility index (Phi) is 27.0. The molecule has 12 nitrogen and oxygen atoms in total. The van der Waals surface area contributed by atoms with E-state index in [1.807, 2.05) is 26.0 Å². The highest BCUT2D eigenvalue weighted by molar-refractivity contribution is 7.53. The second-order valence-electron chi connectivity index (χ2n) is 7.79. The van der Waals surface area contributed by atoms with Crippen LogP contribution in [0.1, 0.15) is 63.8 Å². The predicted octanol–water partition coefficient (Wildman–Crippen LogP) is 8.19. The van der Waals surface area contributed by atoms with Crippen molar-refractivity contribution in [2.75, 3.05) is 53.9 Å². The van der Waals surface area contributed by atoms with Gasteiger partial charge in [0.1, 0.15) is 0 Å². The highest BCUT2D eigenvalue weighted by Gasteiger charge is 2.31. The largest absolute Gasteiger partial charge is 0.335 e.